The molecular formula is C54H43N7O8S4. The quantitative estimate of drug-likeness (QED) is 0.0668. The van der Waals surface area contributed by atoms with Gasteiger partial charge in [-0.2, -0.15) is 0 Å². The highest BCUT2D eigenvalue weighted by Gasteiger charge is 2.82. The molecule has 0 saturated carbocycles. The third-order valence-corrected chi connectivity index (χ3v) is 23.5. The van der Waals surface area contributed by atoms with E-state index in [1.54, 1.807) is 23.9 Å². The number of hydrogen-bond donors (Lipinski definition) is 3. The number of non-ortho nitro benzene ring substituents is 1. The van der Waals surface area contributed by atoms with Gasteiger partial charge in [0, 0.05) is 55.5 Å². The first-order valence-corrected chi connectivity index (χ1v) is 28.4. The van der Waals surface area contributed by atoms with Crippen LogP contribution in [0.2, 0.25) is 0 Å². The summed E-state index contributed by atoms with van der Waals surface area (Å²) in [5, 5.41) is 29.4. The zero-order valence-corrected chi connectivity index (χ0v) is 42.2. The molecule has 2 spiro atoms. The van der Waals surface area contributed by atoms with Crippen LogP contribution in [-0.4, -0.2) is 112 Å². The van der Waals surface area contributed by atoms with Gasteiger partial charge in [0.25, 0.3) is 29.3 Å². The Morgan fingerprint density at radius 3 is 1.70 bits per heavy atom. The van der Waals surface area contributed by atoms with Gasteiger partial charge in [-0.1, -0.05) is 129 Å². The average Bonchev–Trinajstić information content (AvgIpc) is 4.25. The first-order chi connectivity index (χ1) is 35.3. The molecule has 10 atom stereocenters. The van der Waals surface area contributed by atoms with E-state index < -0.39 is 60.6 Å². The highest BCUT2D eigenvalue weighted by Crippen LogP contribution is 2.73. The van der Waals surface area contributed by atoms with E-state index in [2.05, 4.69) is 47.1 Å². The Labute approximate surface area is 434 Å². The topological polar surface area (TPSA) is 186 Å². The summed E-state index contributed by atoms with van der Waals surface area (Å²) in [7, 11) is 8.81. The number of piperazine rings is 2. The summed E-state index contributed by atoms with van der Waals surface area (Å²) in [6.45, 7) is 0. The lowest BCUT2D eigenvalue weighted by Crippen LogP contribution is -2.73. The van der Waals surface area contributed by atoms with Gasteiger partial charge < -0.3 is 25.5 Å². The Balaban J connectivity index is 0.000000141. The second-order valence-corrected chi connectivity index (χ2v) is 25.0. The zero-order valence-electron chi connectivity index (χ0n) is 39.0. The van der Waals surface area contributed by atoms with Crippen LogP contribution in [0.1, 0.15) is 50.2 Å². The minimum absolute atomic E-state index is 0.0363. The normalized spacial score (nSPS) is 32.8. The molecule has 8 fully saturated rings. The van der Waals surface area contributed by atoms with Crippen molar-refractivity contribution in [1.29, 1.82) is 0 Å². The summed E-state index contributed by atoms with van der Waals surface area (Å²) < 4.78 is 0. The van der Waals surface area contributed by atoms with Gasteiger partial charge in [-0.05, 0) is 92.4 Å². The molecule has 5 aromatic carbocycles. The number of nitrogens with zero attached hydrogens (tertiary/aromatic N) is 5. The Morgan fingerprint density at radius 2 is 1.12 bits per heavy atom. The summed E-state index contributed by atoms with van der Waals surface area (Å²) in [5.41, 5.74) is 8.60. The lowest BCUT2D eigenvalue weighted by molar-refractivity contribution is -0.384. The summed E-state index contributed by atoms with van der Waals surface area (Å²) in [5.74, 6) is -1.52. The lowest BCUT2D eigenvalue weighted by Gasteiger charge is -2.54. The number of hydrogen-bond acceptors (Lipinski definition) is 14. The number of nitro groups is 1. The van der Waals surface area contributed by atoms with Crippen molar-refractivity contribution in [1.82, 2.24) is 19.6 Å². The van der Waals surface area contributed by atoms with Gasteiger partial charge in [0.05, 0.1) is 15.8 Å². The number of likely N-dealkylation sites (N-methyl/N-ethyl adjacent to an activating group) is 2. The second-order valence-electron chi connectivity index (χ2n) is 20.0. The van der Waals surface area contributed by atoms with Crippen LogP contribution >= 0.6 is 43.2 Å². The number of carbonyl (C=O) groups excluding carboxylic acids is 5. The standard InChI is InChI=1S/C31H24N4O5S2.C23H19N3O3S2/c1-33-27-26(37)34-28-30(22-8-4-5-9-23(22)32-28,21-15-12-17-6-2-3-7-20(17)21)25(31(34,29(33)38)42-41-27)16-24(36)18-10-13-19(14-11-18)35(39)40;1-25-18-17(27)26-20-22(15-8-4-5-9-16(15)24-20,19(28)23(26,21(25)29)31-30-18)14-11-10-12-6-2-3-7-13(12)14/h2-11,13-15,25,27-28,32H,12,16H2,1H3;2-9,11,18-20,24,28H,10H2,1H3/t25-,27-,28+,30-,31-;18-,19-,20+,22-,23-/m00/s1. The maximum Gasteiger partial charge on any atom is 0.269 e. The number of amides is 4. The van der Waals surface area contributed by atoms with E-state index in [1.165, 1.54) is 82.8 Å². The molecule has 4 amide bonds. The SMILES string of the molecule is CN1C(=O)[C@]23SS[C@H]1C(=O)N2[C@H]1Nc2ccccc2[C@@]1(C1=CCc2ccccc21)[C@@H]3CC(=O)c1ccc([N+](=O)[O-])cc1.CN1C(=O)[C@]23SS[C@H]1C(=O)N2[C@H]1Nc2ccccc2[C@@]1(C1=CCc2ccccc21)[C@@H]3O. The number of aliphatic hydroxyl groups excluding tert-OH is 1. The minimum Gasteiger partial charge on any atom is -0.388 e. The second kappa shape index (κ2) is 15.5. The van der Waals surface area contributed by atoms with Gasteiger partial charge in [0.2, 0.25) is 4.87 Å². The van der Waals surface area contributed by atoms with Crippen molar-refractivity contribution >= 4 is 101 Å². The van der Waals surface area contributed by atoms with Crippen molar-refractivity contribution in [2.45, 2.75) is 69.0 Å². The Hall–Kier alpha value is -6.51. The lowest BCUT2D eigenvalue weighted by atomic mass is 9.62. The van der Waals surface area contributed by atoms with Crippen LogP contribution in [0.25, 0.3) is 11.1 Å². The summed E-state index contributed by atoms with van der Waals surface area (Å²) in [4.78, 5) is 84.4. The fraction of sp³-hybridized carbons (Fsp3) is 0.278. The summed E-state index contributed by atoms with van der Waals surface area (Å²) in [6.07, 6.45) is 3.60. The molecule has 3 N–H and O–H groups in total. The molecule has 2 aliphatic carbocycles. The number of carbonyl (C=O) groups is 5. The van der Waals surface area contributed by atoms with E-state index in [0.717, 1.165) is 56.8 Å². The molecular weight excluding hydrogens is 1000 g/mol. The number of allylic oxidation sites excluding steroid dienone is 2. The number of aliphatic hydroxyl groups is 1. The predicted octanol–water partition coefficient (Wildman–Crippen LogP) is 7.25. The van der Waals surface area contributed by atoms with Crippen molar-refractivity contribution in [2.75, 3.05) is 24.7 Å². The number of fused-ring (bicyclic) bond motifs is 12. The first kappa shape index (κ1) is 45.1. The fourth-order valence-electron chi connectivity index (χ4n) is 14.0. The van der Waals surface area contributed by atoms with E-state index in [9.17, 15) is 39.2 Å². The molecule has 10 aliphatic heterocycles. The predicted molar refractivity (Wildman–Crippen MR) is 281 cm³/mol. The van der Waals surface area contributed by atoms with Crippen molar-refractivity contribution in [3.8, 4) is 0 Å². The third-order valence-electron chi connectivity index (χ3n) is 17.0. The smallest absolute Gasteiger partial charge is 0.269 e. The van der Waals surface area contributed by atoms with Crippen molar-refractivity contribution in [3.05, 3.63) is 183 Å². The van der Waals surface area contributed by atoms with Crippen molar-refractivity contribution in [3.63, 3.8) is 0 Å². The van der Waals surface area contributed by atoms with Crippen LogP contribution in [0.3, 0.4) is 0 Å². The van der Waals surface area contributed by atoms with Crippen LogP contribution in [-0.2, 0) is 42.8 Å². The summed E-state index contributed by atoms with van der Waals surface area (Å²) in [6, 6.07) is 37.8. The number of nitro benzene ring substituents is 1. The van der Waals surface area contributed by atoms with Gasteiger partial charge in [0.15, 0.2) is 21.4 Å². The summed E-state index contributed by atoms with van der Waals surface area (Å²) >= 11 is 0. The molecule has 366 valence electrons. The number of rotatable bonds is 6. The molecule has 0 aromatic heterocycles. The molecule has 10 heterocycles. The molecule has 5 aromatic rings. The van der Waals surface area contributed by atoms with Crippen LogP contribution in [0.4, 0.5) is 17.1 Å². The molecule has 15 nitrogen and oxygen atoms in total. The van der Waals surface area contributed by atoms with Crippen LogP contribution < -0.4 is 10.6 Å². The van der Waals surface area contributed by atoms with Crippen LogP contribution in [0.5, 0.6) is 0 Å². The molecule has 19 heteroatoms. The van der Waals surface area contributed by atoms with Gasteiger partial charge in [-0.25, -0.2) is 0 Å². The largest absolute Gasteiger partial charge is 0.388 e. The van der Waals surface area contributed by atoms with E-state index in [1.807, 2.05) is 72.8 Å². The molecule has 0 unspecified atom stereocenters. The molecule has 17 rings (SSSR count). The van der Waals surface area contributed by atoms with Gasteiger partial charge >= 0.3 is 0 Å². The number of ketones is 1. The number of anilines is 2. The van der Waals surface area contributed by atoms with Crippen LogP contribution in [0.15, 0.2) is 133 Å². The molecule has 0 radical (unpaired) electrons. The van der Waals surface area contributed by atoms with Gasteiger partial charge in [0.1, 0.15) is 18.4 Å². The van der Waals surface area contributed by atoms with Crippen LogP contribution in [0, 0.1) is 16.0 Å². The maximum absolute atomic E-state index is 14.4. The van der Waals surface area contributed by atoms with Gasteiger partial charge in [-0.3, -0.25) is 43.9 Å². The molecule has 12 aliphatic rings. The third kappa shape index (κ3) is 5.38. The van der Waals surface area contributed by atoms with Crippen molar-refractivity contribution < 1.29 is 34.0 Å². The zero-order chi connectivity index (χ0) is 50.1. The number of benzene rings is 5. The molecule has 8 saturated heterocycles. The number of nitrogens with one attached hydrogen (secondary N) is 2. The molecule has 4 bridgehead atoms. The number of Topliss-reactive ketones (excluding diaryl/α,β-unsaturated/α-hetero) is 1. The van der Waals surface area contributed by atoms with E-state index >= 15 is 0 Å². The van der Waals surface area contributed by atoms with E-state index in [-0.39, 0.29) is 41.5 Å². The highest BCUT2D eigenvalue weighted by atomic mass is 33.1. The Morgan fingerprint density at radius 1 is 0.658 bits per heavy atom. The Bertz CT molecular complexity index is 3450. The van der Waals surface area contributed by atoms with E-state index in [0.29, 0.717) is 12.0 Å². The monoisotopic (exact) mass is 1050 g/mol. The van der Waals surface area contributed by atoms with Crippen molar-refractivity contribution in [2.24, 2.45) is 5.92 Å². The highest BCUT2D eigenvalue weighted by molar-refractivity contribution is 8.78. The maximum atomic E-state index is 14.4. The Kier molecular flexibility index (Phi) is 9.59. The average molecular weight is 1050 g/mol. The van der Waals surface area contributed by atoms with Gasteiger partial charge in [-0.15, -0.1) is 0 Å². The first-order valence-electron chi connectivity index (χ1n) is 24.0. The number of para-hydroxylation sites is 2. The van der Waals surface area contributed by atoms with E-state index in [4.69, 9.17) is 0 Å². The fourth-order valence-corrected chi connectivity index (χ4v) is 21.1. The minimum atomic E-state index is -1.35. The molecule has 73 heavy (non-hydrogen) atoms.